The highest BCUT2D eigenvalue weighted by atomic mass is 32.2. The maximum Gasteiger partial charge on any atom is 0.259 e. The van der Waals surface area contributed by atoms with Gasteiger partial charge in [-0.05, 0) is 48.6 Å². The van der Waals surface area contributed by atoms with E-state index in [4.69, 9.17) is 4.74 Å². The second kappa shape index (κ2) is 8.12. The lowest BCUT2D eigenvalue weighted by atomic mass is 9.99. The SMILES string of the molecule is O=C(c1cccnc1OC1CCSC1)N1CCC(Cc2ccccc2)C1. The zero-order valence-corrected chi connectivity index (χ0v) is 15.7. The van der Waals surface area contributed by atoms with Crippen LogP contribution in [0.1, 0.15) is 28.8 Å². The molecule has 2 unspecified atom stereocenters. The number of likely N-dealkylation sites (tertiary alicyclic amines) is 1. The van der Waals surface area contributed by atoms with Crippen molar-refractivity contribution < 1.29 is 9.53 Å². The van der Waals surface area contributed by atoms with Gasteiger partial charge in [0.05, 0.1) is 0 Å². The number of nitrogens with zero attached hydrogens (tertiary/aromatic N) is 2. The molecule has 2 fully saturated rings. The number of carbonyl (C=O) groups is 1. The van der Waals surface area contributed by atoms with E-state index in [9.17, 15) is 4.79 Å². The summed E-state index contributed by atoms with van der Waals surface area (Å²) in [5.41, 5.74) is 1.95. The van der Waals surface area contributed by atoms with Gasteiger partial charge in [0, 0.05) is 25.0 Å². The highest BCUT2D eigenvalue weighted by Gasteiger charge is 2.29. The molecule has 2 aromatic rings. The molecule has 1 aromatic carbocycles. The molecule has 4 nitrogen and oxygen atoms in total. The molecule has 3 heterocycles. The summed E-state index contributed by atoms with van der Waals surface area (Å²) >= 11 is 1.89. The van der Waals surface area contributed by atoms with Crippen LogP contribution in [0.5, 0.6) is 5.88 Å². The number of ether oxygens (including phenoxy) is 1. The predicted octanol–water partition coefficient (Wildman–Crippen LogP) is 3.67. The van der Waals surface area contributed by atoms with Crippen LogP contribution < -0.4 is 4.74 Å². The summed E-state index contributed by atoms with van der Waals surface area (Å²) in [6.07, 6.45) is 4.98. The molecule has 0 spiro atoms. The Hall–Kier alpha value is -2.01. The van der Waals surface area contributed by atoms with Crippen LogP contribution in [0.25, 0.3) is 0 Å². The van der Waals surface area contributed by atoms with Crippen molar-refractivity contribution in [1.82, 2.24) is 9.88 Å². The van der Waals surface area contributed by atoms with Crippen LogP contribution in [0, 0.1) is 5.92 Å². The highest BCUT2D eigenvalue weighted by molar-refractivity contribution is 7.99. The van der Waals surface area contributed by atoms with Crippen molar-refractivity contribution in [2.75, 3.05) is 24.6 Å². The Labute approximate surface area is 159 Å². The first-order valence-electron chi connectivity index (χ1n) is 9.32. The first kappa shape index (κ1) is 17.4. The number of amides is 1. The van der Waals surface area contributed by atoms with Gasteiger partial charge in [0.1, 0.15) is 11.7 Å². The zero-order chi connectivity index (χ0) is 17.8. The van der Waals surface area contributed by atoms with E-state index in [1.54, 1.807) is 6.20 Å². The van der Waals surface area contributed by atoms with Gasteiger partial charge in [-0.1, -0.05) is 30.3 Å². The van der Waals surface area contributed by atoms with Crippen LogP contribution in [0.15, 0.2) is 48.7 Å². The van der Waals surface area contributed by atoms with Crippen molar-refractivity contribution >= 4 is 17.7 Å². The molecular formula is C21H24N2O2S. The summed E-state index contributed by atoms with van der Waals surface area (Å²) in [5, 5.41) is 0. The summed E-state index contributed by atoms with van der Waals surface area (Å²) in [4.78, 5) is 19.3. The Morgan fingerprint density at radius 3 is 2.88 bits per heavy atom. The van der Waals surface area contributed by atoms with Crippen molar-refractivity contribution in [2.24, 2.45) is 5.92 Å². The average molecular weight is 369 g/mol. The second-order valence-corrected chi connectivity index (χ2v) is 8.20. The van der Waals surface area contributed by atoms with Crippen molar-refractivity contribution in [2.45, 2.75) is 25.4 Å². The van der Waals surface area contributed by atoms with Gasteiger partial charge in [0.15, 0.2) is 0 Å². The summed E-state index contributed by atoms with van der Waals surface area (Å²) < 4.78 is 6.03. The number of benzene rings is 1. The van der Waals surface area contributed by atoms with E-state index in [-0.39, 0.29) is 12.0 Å². The number of aromatic nitrogens is 1. The van der Waals surface area contributed by atoms with Crippen LogP contribution in [-0.2, 0) is 6.42 Å². The molecule has 136 valence electrons. The summed E-state index contributed by atoms with van der Waals surface area (Å²) in [5.74, 6) is 3.17. The van der Waals surface area contributed by atoms with Crippen LogP contribution in [0.3, 0.4) is 0 Å². The zero-order valence-electron chi connectivity index (χ0n) is 14.8. The number of thioether (sulfide) groups is 1. The molecule has 1 amide bonds. The van der Waals surface area contributed by atoms with Gasteiger partial charge in [0.2, 0.25) is 5.88 Å². The standard InChI is InChI=1S/C21H24N2O2S/c24-21(19-7-4-10-22-20(19)25-18-9-12-26-15-18)23-11-8-17(14-23)13-16-5-2-1-3-6-16/h1-7,10,17-18H,8-9,11-15H2. The lowest BCUT2D eigenvalue weighted by Gasteiger charge is -2.19. The van der Waals surface area contributed by atoms with Crippen LogP contribution in [-0.4, -0.2) is 46.5 Å². The van der Waals surface area contributed by atoms with E-state index >= 15 is 0 Å². The van der Waals surface area contributed by atoms with E-state index in [0.717, 1.165) is 43.9 Å². The largest absolute Gasteiger partial charge is 0.473 e. The maximum atomic E-state index is 13.0. The maximum absolute atomic E-state index is 13.0. The Balaban J connectivity index is 1.41. The Morgan fingerprint density at radius 2 is 2.08 bits per heavy atom. The summed E-state index contributed by atoms with van der Waals surface area (Å²) in [6, 6.07) is 14.2. The summed E-state index contributed by atoms with van der Waals surface area (Å²) in [6.45, 7) is 1.62. The van der Waals surface area contributed by atoms with Gasteiger partial charge < -0.3 is 9.64 Å². The molecule has 0 aliphatic carbocycles. The van der Waals surface area contributed by atoms with Gasteiger partial charge in [0.25, 0.3) is 5.91 Å². The monoisotopic (exact) mass is 368 g/mol. The van der Waals surface area contributed by atoms with Crippen LogP contribution in [0.4, 0.5) is 0 Å². The fourth-order valence-electron chi connectivity index (χ4n) is 3.71. The molecule has 2 atom stereocenters. The molecule has 2 saturated heterocycles. The normalized spacial score (nSPS) is 22.5. The Kier molecular flexibility index (Phi) is 5.44. The smallest absolute Gasteiger partial charge is 0.259 e. The number of carbonyl (C=O) groups excluding carboxylic acids is 1. The topological polar surface area (TPSA) is 42.4 Å². The minimum absolute atomic E-state index is 0.0503. The third-order valence-electron chi connectivity index (χ3n) is 5.11. The van der Waals surface area contributed by atoms with E-state index in [1.807, 2.05) is 34.9 Å². The fraction of sp³-hybridized carbons (Fsp3) is 0.429. The number of rotatable bonds is 5. The van der Waals surface area contributed by atoms with E-state index < -0.39 is 0 Å². The van der Waals surface area contributed by atoms with Gasteiger partial charge >= 0.3 is 0 Å². The molecule has 26 heavy (non-hydrogen) atoms. The third-order valence-corrected chi connectivity index (χ3v) is 6.24. The second-order valence-electron chi connectivity index (χ2n) is 7.06. The number of pyridine rings is 1. The fourth-order valence-corrected chi connectivity index (χ4v) is 4.81. The van der Waals surface area contributed by atoms with Crippen molar-refractivity contribution in [3.63, 3.8) is 0 Å². The van der Waals surface area contributed by atoms with Crippen molar-refractivity contribution in [1.29, 1.82) is 0 Å². The summed E-state index contributed by atoms with van der Waals surface area (Å²) in [7, 11) is 0. The molecule has 2 aliphatic heterocycles. The molecule has 5 heteroatoms. The molecule has 4 rings (SSSR count). The molecule has 1 aromatic heterocycles. The van der Waals surface area contributed by atoms with Gasteiger partial charge in [-0.2, -0.15) is 11.8 Å². The average Bonchev–Trinajstić information content (AvgIpc) is 3.35. The number of hydrogen-bond acceptors (Lipinski definition) is 4. The van der Waals surface area contributed by atoms with E-state index in [0.29, 0.717) is 17.4 Å². The van der Waals surface area contributed by atoms with E-state index in [2.05, 4.69) is 29.2 Å². The predicted molar refractivity (Wildman–Crippen MR) is 105 cm³/mol. The molecule has 0 radical (unpaired) electrons. The van der Waals surface area contributed by atoms with E-state index in [1.165, 1.54) is 5.56 Å². The first-order chi connectivity index (χ1) is 12.8. The molecule has 2 aliphatic rings. The minimum Gasteiger partial charge on any atom is -0.473 e. The van der Waals surface area contributed by atoms with Crippen LogP contribution >= 0.6 is 11.8 Å². The van der Waals surface area contributed by atoms with Crippen molar-refractivity contribution in [3.8, 4) is 5.88 Å². The Bertz CT molecular complexity index is 747. The minimum atomic E-state index is 0.0503. The molecular weight excluding hydrogens is 344 g/mol. The highest BCUT2D eigenvalue weighted by Crippen LogP contribution is 2.27. The molecule has 0 bridgehead atoms. The molecule has 0 saturated carbocycles. The lowest BCUT2D eigenvalue weighted by Crippen LogP contribution is -2.30. The van der Waals surface area contributed by atoms with Crippen LogP contribution in [0.2, 0.25) is 0 Å². The van der Waals surface area contributed by atoms with Gasteiger partial charge in [-0.15, -0.1) is 0 Å². The third kappa shape index (κ3) is 4.04. The lowest BCUT2D eigenvalue weighted by molar-refractivity contribution is 0.0779. The van der Waals surface area contributed by atoms with Crippen molar-refractivity contribution in [3.05, 3.63) is 59.8 Å². The quantitative estimate of drug-likeness (QED) is 0.808. The Morgan fingerprint density at radius 1 is 1.19 bits per heavy atom. The molecule has 0 N–H and O–H groups in total. The van der Waals surface area contributed by atoms with Gasteiger partial charge in [-0.3, -0.25) is 4.79 Å². The number of hydrogen-bond donors (Lipinski definition) is 0. The van der Waals surface area contributed by atoms with Gasteiger partial charge in [-0.25, -0.2) is 4.98 Å². The first-order valence-corrected chi connectivity index (χ1v) is 10.5.